The summed E-state index contributed by atoms with van der Waals surface area (Å²) in [5.41, 5.74) is 2.88. The van der Waals surface area contributed by atoms with Gasteiger partial charge in [0.25, 0.3) is 0 Å². The third-order valence-electron chi connectivity index (χ3n) is 6.19. The van der Waals surface area contributed by atoms with Gasteiger partial charge in [0, 0.05) is 37.5 Å². The third kappa shape index (κ3) is 4.93. The van der Waals surface area contributed by atoms with Gasteiger partial charge in [0.1, 0.15) is 11.5 Å². The molecule has 0 saturated heterocycles. The van der Waals surface area contributed by atoms with Crippen molar-refractivity contribution in [2.75, 3.05) is 27.3 Å². The Morgan fingerprint density at radius 1 is 1.32 bits per heavy atom. The van der Waals surface area contributed by atoms with Crippen molar-refractivity contribution >= 4 is 31.7 Å². The molecule has 1 heterocycles. The molecule has 0 fully saturated rings. The van der Waals surface area contributed by atoms with Crippen LogP contribution < -0.4 is 10.1 Å². The van der Waals surface area contributed by atoms with Gasteiger partial charge in [0.2, 0.25) is 10.0 Å². The summed E-state index contributed by atoms with van der Waals surface area (Å²) in [6.07, 6.45) is 3.04. The van der Waals surface area contributed by atoms with Crippen LogP contribution in [0.1, 0.15) is 51.0 Å². The summed E-state index contributed by atoms with van der Waals surface area (Å²) >= 11 is 3.42. The fraction of sp³-hybridized carbons (Fsp3) is 0.500. The van der Waals surface area contributed by atoms with Crippen LogP contribution in [-0.4, -0.2) is 50.9 Å². The van der Waals surface area contributed by atoms with Gasteiger partial charge in [-0.05, 0) is 59.3 Å². The van der Waals surface area contributed by atoms with Gasteiger partial charge in [-0.1, -0.05) is 13.3 Å². The minimum atomic E-state index is -3.94. The number of nitrogens with one attached hydrogen (secondary N) is 1. The first kappa shape index (κ1) is 26.4. The summed E-state index contributed by atoms with van der Waals surface area (Å²) in [6.45, 7) is 3.52. The molecule has 1 aromatic carbocycles. The number of sulfonamides is 1. The SMILES string of the molecule is CCCC1CC(=O)C2=C(C1)NC(C)=C(C#N)C2c1cc(Br)c(OCCO)c(S(=O)(=O)N(C)C)c1. The number of carbonyl (C=O) groups is 1. The standard InChI is InChI=1S/C24H30BrN3O5S/c1-5-6-15-9-19-23(20(30)10-15)22(17(13-26)14(2)27-19)16-11-18(25)24(33-8-7-29)21(12-16)34(31,32)28(3)4/h11-12,15,22,27,29H,5-10H2,1-4H3. The smallest absolute Gasteiger partial charge is 0.246 e. The fourth-order valence-electron chi connectivity index (χ4n) is 4.64. The Kier molecular flexibility index (Phi) is 8.24. The highest BCUT2D eigenvalue weighted by Crippen LogP contribution is 2.46. The molecule has 10 heteroatoms. The molecular formula is C24H30BrN3O5S. The molecule has 1 aliphatic carbocycles. The van der Waals surface area contributed by atoms with Gasteiger partial charge < -0.3 is 15.2 Å². The van der Waals surface area contributed by atoms with Crippen molar-refractivity contribution < 1.29 is 23.1 Å². The molecule has 2 N–H and O–H groups in total. The summed E-state index contributed by atoms with van der Waals surface area (Å²) in [5, 5.41) is 22.5. The van der Waals surface area contributed by atoms with E-state index in [1.165, 1.54) is 20.2 Å². The average Bonchev–Trinajstić information content (AvgIpc) is 2.76. The summed E-state index contributed by atoms with van der Waals surface area (Å²) in [7, 11) is -1.10. The molecule has 3 rings (SSSR count). The van der Waals surface area contributed by atoms with Gasteiger partial charge in [-0.3, -0.25) is 4.79 Å². The lowest BCUT2D eigenvalue weighted by atomic mass is 9.72. The molecule has 0 bridgehead atoms. The number of hydrogen-bond donors (Lipinski definition) is 2. The van der Waals surface area contributed by atoms with E-state index in [1.807, 2.05) is 0 Å². The van der Waals surface area contributed by atoms with Crippen molar-refractivity contribution in [1.29, 1.82) is 5.26 Å². The second-order valence-electron chi connectivity index (χ2n) is 8.78. The number of aliphatic hydroxyl groups excluding tert-OH is 1. The number of ketones is 1. The summed E-state index contributed by atoms with van der Waals surface area (Å²) < 4.78 is 33.4. The maximum atomic E-state index is 13.3. The summed E-state index contributed by atoms with van der Waals surface area (Å²) in [5.74, 6) is -0.389. The third-order valence-corrected chi connectivity index (χ3v) is 8.60. The van der Waals surface area contributed by atoms with E-state index < -0.39 is 15.9 Å². The number of Topliss-reactive ketones (excluding diaryl/α,β-unsaturated/α-hetero) is 1. The van der Waals surface area contributed by atoms with E-state index in [0.717, 1.165) is 22.8 Å². The first-order valence-electron chi connectivity index (χ1n) is 11.2. The number of rotatable bonds is 8. The summed E-state index contributed by atoms with van der Waals surface area (Å²) in [6, 6.07) is 5.40. The monoisotopic (exact) mass is 551 g/mol. The minimum absolute atomic E-state index is 0.0220. The van der Waals surface area contributed by atoms with Gasteiger partial charge in [-0.25, -0.2) is 12.7 Å². The summed E-state index contributed by atoms with van der Waals surface area (Å²) in [4.78, 5) is 13.2. The predicted molar refractivity (Wildman–Crippen MR) is 131 cm³/mol. The maximum Gasteiger partial charge on any atom is 0.246 e. The van der Waals surface area contributed by atoms with E-state index in [1.54, 1.807) is 13.0 Å². The first-order chi connectivity index (χ1) is 16.1. The molecule has 8 nitrogen and oxygen atoms in total. The largest absolute Gasteiger partial charge is 0.489 e. The Balaban J connectivity index is 2.25. The van der Waals surface area contributed by atoms with Crippen LogP contribution in [0.3, 0.4) is 0 Å². The van der Waals surface area contributed by atoms with Crippen molar-refractivity contribution in [2.45, 2.75) is 50.3 Å². The zero-order chi connectivity index (χ0) is 25.2. The number of nitrogens with zero attached hydrogens (tertiary/aromatic N) is 2. The van der Waals surface area contributed by atoms with Crippen LogP contribution in [0, 0.1) is 17.2 Å². The molecule has 0 saturated carbocycles. The van der Waals surface area contributed by atoms with Crippen molar-refractivity contribution in [3.05, 3.63) is 44.7 Å². The molecule has 0 spiro atoms. The van der Waals surface area contributed by atoms with Crippen LogP contribution in [0.25, 0.3) is 0 Å². The van der Waals surface area contributed by atoms with E-state index in [4.69, 9.17) is 4.74 Å². The highest BCUT2D eigenvalue weighted by atomic mass is 79.9. The van der Waals surface area contributed by atoms with Crippen molar-refractivity contribution in [3.8, 4) is 11.8 Å². The number of benzene rings is 1. The fourth-order valence-corrected chi connectivity index (χ4v) is 6.45. The predicted octanol–water partition coefficient (Wildman–Crippen LogP) is 3.59. The topological polar surface area (TPSA) is 120 Å². The van der Waals surface area contributed by atoms with Crippen LogP contribution in [-0.2, 0) is 14.8 Å². The number of allylic oxidation sites excluding steroid dienone is 4. The number of hydrogen-bond acceptors (Lipinski definition) is 7. The Hall–Kier alpha value is -2.19. The molecule has 1 aromatic rings. The van der Waals surface area contributed by atoms with E-state index in [2.05, 4.69) is 34.2 Å². The van der Waals surface area contributed by atoms with Gasteiger partial charge in [0.05, 0.1) is 28.6 Å². The highest BCUT2D eigenvalue weighted by molar-refractivity contribution is 9.10. The lowest BCUT2D eigenvalue weighted by molar-refractivity contribution is -0.117. The first-order valence-corrected chi connectivity index (χ1v) is 13.4. The van der Waals surface area contributed by atoms with E-state index in [-0.39, 0.29) is 35.6 Å². The van der Waals surface area contributed by atoms with Crippen LogP contribution in [0.2, 0.25) is 0 Å². The van der Waals surface area contributed by atoms with Crippen LogP contribution in [0.4, 0.5) is 0 Å². The Morgan fingerprint density at radius 3 is 2.62 bits per heavy atom. The molecule has 0 radical (unpaired) electrons. The second kappa shape index (κ2) is 10.6. The molecule has 184 valence electrons. The van der Waals surface area contributed by atoms with Crippen LogP contribution in [0.5, 0.6) is 5.75 Å². The zero-order valence-corrected chi connectivity index (χ0v) is 22.2. The van der Waals surface area contributed by atoms with Crippen molar-refractivity contribution in [1.82, 2.24) is 9.62 Å². The molecule has 1 aliphatic heterocycles. The number of dihydropyridines is 1. The van der Waals surface area contributed by atoms with E-state index in [9.17, 15) is 23.6 Å². The average molecular weight is 552 g/mol. The normalized spacial score (nSPS) is 20.8. The van der Waals surface area contributed by atoms with Crippen molar-refractivity contribution in [2.24, 2.45) is 5.92 Å². The quantitative estimate of drug-likeness (QED) is 0.506. The molecular weight excluding hydrogens is 522 g/mol. The lowest BCUT2D eigenvalue weighted by Crippen LogP contribution is -2.34. The Morgan fingerprint density at radius 2 is 2.03 bits per heavy atom. The van der Waals surface area contributed by atoms with Crippen LogP contribution >= 0.6 is 15.9 Å². The van der Waals surface area contributed by atoms with Gasteiger partial charge in [-0.2, -0.15) is 5.26 Å². The molecule has 0 aromatic heterocycles. The van der Waals surface area contributed by atoms with Crippen LogP contribution in [0.15, 0.2) is 44.0 Å². The lowest BCUT2D eigenvalue weighted by Gasteiger charge is -2.35. The maximum absolute atomic E-state index is 13.3. The zero-order valence-electron chi connectivity index (χ0n) is 19.8. The number of carbonyl (C=O) groups excluding carboxylic acids is 1. The number of nitriles is 1. The molecule has 2 aliphatic rings. The van der Waals surface area contributed by atoms with Gasteiger partial charge in [-0.15, -0.1) is 0 Å². The van der Waals surface area contributed by atoms with Gasteiger partial charge >= 0.3 is 0 Å². The molecule has 2 unspecified atom stereocenters. The Bertz CT molecular complexity index is 1200. The van der Waals surface area contributed by atoms with Crippen molar-refractivity contribution in [3.63, 3.8) is 0 Å². The van der Waals surface area contributed by atoms with E-state index in [0.29, 0.717) is 39.7 Å². The van der Waals surface area contributed by atoms with Gasteiger partial charge in [0.15, 0.2) is 11.5 Å². The molecule has 0 amide bonds. The second-order valence-corrected chi connectivity index (χ2v) is 11.8. The van der Waals surface area contributed by atoms with E-state index >= 15 is 0 Å². The highest BCUT2D eigenvalue weighted by Gasteiger charge is 2.39. The molecule has 34 heavy (non-hydrogen) atoms. The number of ether oxygens (including phenoxy) is 1. The Labute approximate surface area is 209 Å². The number of aliphatic hydroxyl groups is 1. The number of halogens is 1. The minimum Gasteiger partial charge on any atom is -0.489 e. The molecule has 2 atom stereocenters.